The fourth-order valence-corrected chi connectivity index (χ4v) is 2.26. The number of esters is 1. The van der Waals surface area contributed by atoms with Gasteiger partial charge in [0.2, 0.25) is 0 Å². The molecule has 0 amide bonds. The SMILES string of the molecule is CCCC[C@@H]1C[C@@H](CSC(=N)N)OC1=O. The first-order chi connectivity index (χ1) is 7.13. The van der Waals surface area contributed by atoms with Crippen molar-refractivity contribution in [1.29, 1.82) is 5.41 Å². The summed E-state index contributed by atoms with van der Waals surface area (Å²) in [5.41, 5.74) is 5.23. The van der Waals surface area contributed by atoms with Crippen LogP contribution in [0, 0.1) is 11.3 Å². The van der Waals surface area contributed by atoms with E-state index in [1.54, 1.807) is 0 Å². The van der Waals surface area contributed by atoms with Gasteiger partial charge in [0.1, 0.15) is 6.10 Å². The van der Waals surface area contributed by atoms with E-state index in [1.807, 2.05) is 0 Å². The predicted octanol–water partition coefficient (Wildman–Crippen LogP) is 1.73. The third-order valence-electron chi connectivity index (χ3n) is 2.49. The summed E-state index contributed by atoms with van der Waals surface area (Å²) in [6.07, 6.45) is 3.85. The van der Waals surface area contributed by atoms with Gasteiger partial charge in [-0.1, -0.05) is 31.5 Å². The Morgan fingerprint density at radius 3 is 3.07 bits per heavy atom. The summed E-state index contributed by atoms with van der Waals surface area (Å²) >= 11 is 1.24. The molecule has 4 nitrogen and oxygen atoms in total. The van der Waals surface area contributed by atoms with Crippen LogP contribution in [0.5, 0.6) is 0 Å². The molecule has 2 atom stereocenters. The number of nitrogens with two attached hydrogens (primary N) is 1. The molecule has 5 heteroatoms. The zero-order chi connectivity index (χ0) is 11.3. The number of thioether (sulfide) groups is 1. The number of hydrogen-bond donors (Lipinski definition) is 2. The normalized spacial score (nSPS) is 25.3. The van der Waals surface area contributed by atoms with Crippen LogP contribution in [-0.2, 0) is 9.53 Å². The maximum absolute atomic E-state index is 11.4. The fraction of sp³-hybridized carbons (Fsp3) is 0.800. The van der Waals surface area contributed by atoms with E-state index < -0.39 is 0 Å². The van der Waals surface area contributed by atoms with Crippen LogP contribution in [0.1, 0.15) is 32.6 Å². The zero-order valence-electron chi connectivity index (χ0n) is 8.99. The average Bonchev–Trinajstić information content (AvgIpc) is 2.53. The van der Waals surface area contributed by atoms with Crippen molar-refractivity contribution < 1.29 is 9.53 Å². The number of ether oxygens (including phenoxy) is 1. The van der Waals surface area contributed by atoms with Gasteiger partial charge in [-0.05, 0) is 12.8 Å². The Balaban J connectivity index is 2.28. The number of nitrogens with one attached hydrogen (secondary N) is 1. The van der Waals surface area contributed by atoms with E-state index in [0.717, 1.165) is 25.7 Å². The van der Waals surface area contributed by atoms with E-state index in [-0.39, 0.29) is 23.2 Å². The highest BCUT2D eigenvalue weighted by Gasteiger charge is 2.33. The van der Waals surface area contributed by atoms with Crippen molar-refractivity contribution in [3.8, 4) is 0 Å². The average molecular weight is 230 g/mol. The van der Waals surface area contributed by atoms with E-state index in [9.17, 15) is 4.79 Å². The molecule has 1 heterocycles. The summed E-state index contributed by atoms with van der Waals surface area (Å²) in [7, 11) is 0. The molecular weight excluding hydrogens is 212 g/mol. The Labute approximate surface area is 94.4 Å². The molecule has 86 valence electrons. The first-order valence-corrected chi connectivity index (χ1v) is 6.29. The van der Waals surface area contributed by atoms with E-state index in [1.165, 1.54) is 11.8 Å². The van der Waals surface area contributed by atoms with Gasteiger partial charge >= 0.3 is 5.97 Å². The van der Waals surface area contributed by atoms with Gasteiger partial charge in [-0.15, -0.1) is 0 Å². The molecule has 0 spiro atoms. The molecule has 3 N–H and O–H groups in total. The molecular formula is C10H18N2O2S. The molecule has 0 aromatic rings. The van der Waals surface area contributed by atoms with Crippen molar-refractivity contribution >= 4 is 22.9 Å². The van der Waals surface area contributed by atoms with Crippen molar-refractivity contribution in [2.45, 2.75) is 38.7 Å². The summed E-state index contributed by atoms with van der Waals surface area (Å²) in [6.45, 7) is 2.11. The fourth-order valence-electron chi connectivity index (χ4n) is 1.69. The summed E-state index contributed by atoms with van der Waals surface area (Å²) < 4.78 is 5.21. The third kappa shape index (κ3) is 4.11. The number of hydrogen-bond acceptors (Lipinski definition) is 4. The Hall–Kier alpha value is -0.710. The Bertz CT molecular complexity index is 246. The van der Waals surface area contributed by atoms with Crippen LogP contribution in [0.2, 0.25) is 0 Å². The second kappa shape index (κ2) is 6.00. The van der Waals surface area contributed by atoms with E-state index in [0.29, 0.717) is 5.75 Å². The molecule has 1 saturated heterocycles. The molecule has 0 aromatic carbocycles. The number of carbonyl (C=O) groups excluding carboxylic acids is 1. The van der Waals surface area contributed by atoms with E-state index in [4.69, 9.17) is 15.9 Å². The smallest absolute Gasteiger partial charge is 0.309 e. The summed E-state index contributed by atoms with van der Waals surface area (Å²) in [5.74, 6) is 0.615. The number of amidine groups is 1. The van der Waals surface area contributed by atoms with Gasteiger partial charge in [0.15, 0.2) is 5.17 Å². The van der Waals surface area contributed by atoms with Crippen LogP contribution >= 0.6 is 11.8 Å². The van der Waals surface area contributed by atoms with Gasteiger partial charge in [0.05, 0.1) is 5.92 Å². The predicted molar refractivity (Wildman–Crippen MR) is 61.9 cm³/mol. The van der Waals surface area contributed by atoms with Crippen LogP contribution in [0.15, 0.2) is 0 Å². The van der Waals surface area contributed by atoms with Crippen molar-refractivity contribution in [3.05, 3.63) is 0 Å². The number of carbonyl (C=O) groups is 1. The molecule has 1 aliphatic rings. The van der Waals surface area contributed by atoms with Crippen LogP contribution in [0.4, 0.5) is 0 Å². The molecule has 0 aromatic heterocycles. The van der Waals surface area contributed by atoms with Gasteiger partial charge in [-0.2, -0.15) is 0 Å². The topological polar surface area (TPSA) is 76.2 Å². The van der Waals surface area contributed by atoms with Gasteiger partial charge in [0.25, 0.3) is 0 Å². The molecule has 0 bridgehead atoms. The maximum Gasteiger partial charge on any atom is 0.309 e. The molecule has 1 aliphatic heterocycles. The summed E-state index contributed by atoms with van der Waals surface area (Å²) in [6, 6.07) is 0. The van der Waals surface area contributed by atoms with Crippen LogP contribution in [0.3, 0.4) is 0 Å². The Kier molecular flexibility index (Phi) is 4.94. The second-order valence-electron chi connectivity index (χ2n) is 3.81. The van der Waals surface area contributed by atoms with E-state index in [2.05, 4.69) is 6.92 Å². The van der Waals surface area contributed by atoms with Crippen molar-refractivity contribution in [2.75, 3.05) is 5.75 Å². The molecule has 15 heavy (non-hydrogen) atoms. The van der Waals surface area contributed by atoms with Crippen molar-refractivity contribution in [2.24, 2.45) is 11.7 Å². The van der Waals surface area contributed by atoms with Crippen LogP contribution < -0.4 is 5.73 Å². The van der Waals surface area contributed by atoms with Gasteiger partial charge in [-0.25, -0.2) is 0 Å². The Morgan fingerprint density at radius 1 is 1.73 bits per heavy atom. The molecule has 0 radical (unpaired) electrons. The number of unbranched alkanes of at least 4 members (excludes halogenated alkanes) is 1. The maximum atomic E-state index is 11.4. The quantitative estimate of drug-likeness (QED) is 0.428. The van der Waals surface area contributed by atoms with Crippen LogP contribution in [-0.4, -0.2) is 23.0 Å². The molecule has 1 rings (SSSR count). The minimum Gasteiger partial charge on any atom is -0.461 e. The largest absolute Gasteiger partial charge is 0.461 e. The van der Waals surface area contributed by atoms with Crippen molar-refractivity contribution in [1.82, 2.24) is 0 Å². The lowest BCUT2D eigenvalue weighted by atomic mass is 9.99. The molecule has 0 unspecified atom stereocenters. The minimum atomic E-state index is -0.0717. The molecule has 1 fully saturated rings. The molecule has 0 saturated carbocycles. The standard InChI is InChI=1S/C10H18N2O2S/c1-2-3-4-7-5-8(14-9(7)13)6-15-10(11)12/h7-8H,2-6H2,1H3,(H3,11,12)/t7-,8+/m1/s1. The first-order valence-electron chi connectivity index (χ1n) is 5.30. The minimum absolute atomic E-state index is 0.0479. The highest BCUT2D eigenvalue weighted by Crippen LogP contribution is 2.27. The third-order valence-corrected chi connectivity index (χ3v) is 3.34. The van der Waals surface area contributed by atoms with E-state index >= 15 is 0 Å². The summed E-state index contributed by atoms with van der Waals surface area (Å²) in [4.78, 5) is 11.4. The molecule has 0 aliphatic carbocycles. The highest BCUT2D eigenvalue weighted by atomic mass is 32.2. The van der Waals surface area contributed by atoms with Gasteiger partial charge in [-0.3, -0.25) is 10.2 Å². The van der Waals surface area contributed by atoms with Crippen LogP contribution in [0.25, 0.3) is 0 Å². The van der Waals surface area contributed by atoms with Gasteiger partial charge < -0.3 is 10.5 Å². The highest BCUT2D eigenvalue weighted by molar-refractivity contribution is 8.13. The Morgan fingerprint density at radius 2 is 2.47 bits per heavy atom. The monoisotopic (exact) mass is 230 g/mol. The zero-order valence-corrected chi connectivity index (χ0v) is 9.81. The summed E-state index contributed by atoms with van der Waals surface area (Å²) in [5, 5.41) is 7.16. The van der Waals surface area contributed by atoms with Gasteiger partial charge in [0, 0.05) is 5.75 Å². The second-order valence-corrected chi connectivity index (χ2v) is 4.87. The first kappa shape index (κ1) is 12.4. The number of cyclic esters (lactones) is 1. The lowest BCUT2D eigenvalue weighted by molar-refractivity contribution is -0.143. The van der Waals surface area contributed by atoms with Crippen molar-refractivity contribution in [3.63, 3.8) is 0 Å². The lowest BCUT2D eigenvalue weighted by Crippen LogP contribution is -2.14. The number of rotatable bonds is 5. The lowest BCUT2D eigenvalue weighted by Gasteiger charge is -2.06.